The average molecular weight is 486 g/mol. The number of nitrogens with one attached hydrogen (secondary N) is 1. The zero-order chi connectivity index (χ0) is 23.3. The summed E-state index contributed by atoms with van der Waals surface area (Å²) in [5.41, 5.74) is 4.13. The van der Waals surface area contributed by atoms with Crippen molar-refractivity contribution in [2.45, 2.75) is 20.5 Å². The molecule has 0 fully saturated rings. The molecule has 0 unspecified atom stereocenters. The molecule has 0 aliphatic heterocycles. The Morgan fingerprint density at radius 1 is 1.00 bits per heavy atom. The van der Waals surface area contributed by atoms with Gasteiger partial charge in [0.15, 0.2) is 0 Å². The van der Waals surface area contributed by atoms with E-state index < -0.39 is 5.91 Å². The molecule has 0 aliphatic rings. The number of nitriles is 1. The second-order valence-electron chi connectivity index (χ2n) is 7.22. The number of carbonyl (C=O) groups is 1. The van der Waals surface area contributed by atoms with Crippen molar-refractivity contribution in [2.75, 3.05) is 5.32 Å². The standard InChI is InChI=1S/C25H19Cl3N2O2/c1-15-7-16(2)9-17(8-15)14-32-24-6-3-20(26)11-18(24)10-19(13-29)25(31)30-21-4-5-22(27)23(28)12-21/h3-12H,14H2,1-2H3,(H,30,31)/b19-10+. The Hall–Kier alpha value is -2.97. The van der Waals surface area contributed by atoms with Crippen LogP contribution in [0.5, 0.6) is 5.75 Å². The number of hydrogen-bond acceptors (Lipinski definition) is 3. The lowest BCUT2D eigenvalue weighted by Gasteiger charge is -2.12. The summed E-state index contributed by atoms with van der Waals surface area (Å²) in [5.74, 6) is -0.0882. The largest absolute Gasteiger partial charge is 0.488 e. The lowest BCUT2D eigenvalue weighted by Crippen LogP contribution is -2.13. The molecule has 3 aromatic rings. The Morgan fingerprint density at radius 2 is 1.72 bits per heavy atom. The highest BCUT2D eigenvalue weighted by molar-refractivity contribution is 6.42. The first-order valence-electron chi connectivity index (χ1n) is 9.63. The fourth-order valence-corrected chi connectivity index (χ4v) is 3.63. The highest BCUT2D eigenvalue weighted by Crippen LogP contribution is 2.28. The van der Waals surface area contributed by atoms with Crippen molar-refractivity contribution in [1.82, 2.24) is 0 Å². The molecule has 32 heavy (non-hydrogen) atoms. The first kappa shape index (κ1) is 23.7. The van der Waals surface area contributed by atoms with Gasteiger partial charge in [-0.15, -0.1) is 0 Å². The van der Waals surface area contributed by atoms with Gasteiger partial charge in [-0.25, -0.2) is 0 Å². The molecule has 3 rings (SSSR count). The Kier molecular flexibility index (Phi) is 7.82. The first-order chi connectivity index (χ1) is 15.2. The molecule has 0 saturated heterocycles. The minimum Gasteiger partial charge on any atom is -0.488 e. The van der Waals surface area contributed by atoms with Gasteiger partial charge in [-0.3, -0.25) is 4.79 Å². The molecule has 7 heteroatoms. The summed E-state index contributed by atoms with van der Waals surface area (Å²) in [5, 5.41) is 13.3. The first-order valence-corrected chi connectivity index (χ1v) is 10.8. The minimum atomic E-state index is -0.592. The molecule has 1 N–H and O–H groups in total. The van der Waals surface area contributed by atoms with Gasteiger partial charge in [0.1, 0.15) is 24.0 Å². The van der Waals surface area contributed by atoms with E-state index in [1.807, 2.05) is 32.0 Å². The van der Waals surface area contributed by atoms with Crippen LogP contribution in [-0.4, -0.2) is 5.91 Å². The van der Waals surface area contributed by atoms with E-state index >= 15 is 0 Å². The SMILES string of the molecule is Cc1cc(C)cc(COc2ccc(Cl)cc2/C=C(\C#N)C(=O)Nc2ccc(Cl)c(Cl)c2)c1. The van der Waals surface area contributed by atoms with E-state index in [-0.39, 0.29) is 5.57 Å². The van der Waals surface area contributed by atoms with E-state index in [4.69, 9.17) is 39.5 Å². The Morgan fingerprint density at radius 3 is 2.38 bits per heavy atom. The molecule has 0 aromatic heterocycles. The number of carbonyl (C=O) groups excluding carboxylic acids is 1. The number of hydrogen-bond donors (Lipinski definition) is 1. The van der Waals surface area contributed by atoms with Crippen LogP contribution in [0.4, 0.5) is 5.69 Å². The predicted molar refractivity (Wildman–Crippen MR) is 130 cm³/mol. The van der Waals surface area contributed by atoms with Gasteiger partial charge in [0.25, 0.3) is 5.91 Å². The maximum Gasteiger partial charge on any atom is 0.266 e. The van der Waals surface area contributed by atoms with Crippen LogP contribution < -0.4 is 10.1 Å². The number of aryl methyl sites for hydroxylation is 2. The number of rotatable bonds is 6. The third kappa shape index (κ3) is 6.27. The lowest BCUT2D eigenvalue weighted by molar-refractivity contribution is -0.112. The maximum atomic E-state index is 12.6. The van der Waals surface area contributed by atoms with Gasteiger partial charge in [-0.1, -0.05) is 64.1 Å². The third-order valence-electron chi connectivity index (χ3n) is 4.49. The summed E-state index contributed by atoms with van der Waals surface area (Å²) in [6.07, 6.45) is 1.44. The van der Waals surface area contributed by atoms with E-state index in [1.165, 1.54) is 12.1 Å². The van der Waals surface area contributed by atoms with E-state index in [0.717, 1.165) is 16.7 Å². The van der Waals surface area contributed by atoms with Crippen molar-refractivity contribution >= 4 is 52.5 Å². The molecule has 0 radical (unpaired) electrons. The van der Waals surface area contributed by atoms with Crippen LogP contribution in [0.25, 0.3) is 6.08 Å². The van der Waals surface area contributed by atoms with Crippen LogP contribution in [0.1, 0.15) is 22.3 Å². The summed E-state index contributed by atoms with van der Waals surface area (Å²) in [4.78, 5) is 12.6. The number of ether oxygens (including phenoxy) is 1. The van der Waals surface area contributed by atoms with Crippen molar-refractivity contribution in [3.63, 3.8) is 0 Å². The summed E-state index contributed by atoms with van der Waals surface area (Å²) in [6.45, 7) is 4.39. The van der Waals surface area contributed by atoms with Crippen LogP contribution in [0.15, 0.2) is 60.2 Å². The van der Waals surface area contributed by atoms with Gasteiger partial charge in [0.05, 0.1) is 10.0 Å². The van der Waals surface area contributed by atoms with Gasteiger partial charge in [0.2, 0.25) is 0 Å². The Balaban J connectivity index is 1.84. The second kappa shape index (κ2) is 10.6. The average Bonchev–Trinajstić information content (AvgIpc) is 2.73. The van der Waals surface area contributed by atoms with E-state index in [9.17, 15) is 10.1 Å². The number of amides is 1. The van der Waals surface area contributed by atoms with Gasteiger partial charge in [-0.05, 0) is 61.9 Å². The van der Waals surface area contributed by atoms with Gasteiger partial charge in [-0.2, -0.15) is 5.26 Å². The number of anilines is 1. The fourth-order valence-electron chi connectivity index (χ4n) is 3.15. The smallest absolute Gasteiger partial charge is 0.266 e. The van der Waals surface area contributed by atoms with Gasteiger partial charge in [0, 0.05) is 16.3 Å². The Labute approximate surface area is 202 Å². The zero-order valence-corrected chi connectivity index (χ0v) is 19.6. The van der Waals surface area contributed by atoms with Gasteiger partial charge < -0.3 is 10.1 Å². The number of halogens is 3. The topological polar surface area (TPSA) is 62.1 Å². The van der Waals surface area contributed by atoms with E-state index in [0.29, 0.717) is 38.7 Å². The normalized spacial score (nSPS) is 11.1. The van der Waals surface area contributed by atoms with E-state index in [2.05, 4.69) is 11.4 Å². The van der Waals surface area contributed by atoms with E-state index in [1.54, 1.807) is 30.3 Å². The Bertz CT molecular complexity index is 1230. The highest BCUT2D eigenvalue weighted by atomic mass is 35.5. The highest BCUT2D eigenvalue weighted by Gasteiger charge is 2.13. The summed E-state index contributed by atoms with van der Waals surface area (Å²) >= 11 is 18.0. The van der Waals surface area contributed by atoms with Crippen LogP contribution in [0.2, 0.25) is 15.1 Å². The molecule has 0 aliphatic carbocycles. The third-order valence-corrected chi connectivity index (χ3v) is 5.46. The molecule has 0 bridgehead atoms. The molecule has 162 valence electrons. The molecular formula is C25H19Cl3N2O2. The van der Waals surface area contributed by atoms with Crippen LogP contribution >= 0.6 is 34.8 Å². The van der Waals surface area contributed by atoms with Crippen LogP contribution in [0.3, 0.4) is 0 Å². The number of nitrogens with zero attached hydrogens (tertiary/aromatic N) is 1. The van der Waals surface area contributed by atoms with Crippen LogP contribution in [-0.2, 0) is 11.4 Å². The maximum absolute atomic E-state index is 12.6. The second-order valence-corrected chi connectivity index (χ2v) is 8.47. The van der Waals surface area contributed by atoms with Crippen LogP contribution in [0, 0.1) is 25.2 Å². The fraction of sp³-hybridized carbons (Fsp3) is 0.120. The molecular weight excluding hydrogens is 467 g/mol. The van der Waals surface area contributed by atoms with Crippen molar-refractivity contribution in [2.24, 2.45) is 0 Å². The monoisotopic (exact) mass is 484 g/mol. The zero-order valence-electron chi connectivity index (χ0n) is 17.4. The molecule has 1 amide bonds. The molecule has 0 saturated carbocycles. The molecule has 0 spiro atoms. The van der Waals surface area contributed by atoms with Gasteiger partial charge >= 0.3 is 0 Å². The molecule has 0 atom stereocenters. The lowest BCUT2D eigenvalue weighted by atomic mass is 10.1. The van der Waals surface area contributed by atoms with Crippen molar-refractivity contribution in [3.05, 3.63) is 97.5 Å². The number of benzene rings is 3. The molecule has 4 nitrogen and oxygen atoms in total. The van der Waals surface area contributed by atoms with Crippen molar-refractivity contribution in [1.29, 1.82) is 5.26 Å². The van der Waals surface area contributed by atoms with Crippen molar-refractivity contribution in [3.8, 4) is 11.8 Å². The summed E-state index contributed by atoms with van der Waals surface area (Å²) in [6, 6.07) is 17.8. The predicted octanol–water partition coefficient (Wildman–Crippen LogP) is 7.39. The minimum absolute atomic E-state index is 0.116. The summed E-state index contributed by atoms with van der Waals surface area (Å²) in [7, 11) is 0. The quantitative estimate of drug-likeness (QED) is 0.292. The molecule has 3 aromatic carbocycles. The molecule has 0 heterocycles. The summed E-state index contributed by atoms with van der Waals surface area (Å²) < 4.78 is 5.98. The van der Waals surface area contributed by atoms with Crippen molar-refractivity contribution < 1.29 is 9.53 Å².